The topological polar surface area (TPSA) is 158 Å². The number of nitriles is 1. The van der Waals surface area contributed by atoms with E-state index >= 15 is 0 Å². The standard InChI is InChI=1S/C19H15Br2N7O4/c1-9(2)28-4-3-11-16(28)24-8-25-17(11)31-15-12(20)5-10(6-13(15)21)26-27-14(7-22)18(29)32-19(23)30/h3-6,8-9,26H,1-2H3,(H2,23,30). The number of esters is 1. The second-order valence-corrected chi connectivity index (χ2v) is 8.21. The molecule has 1 aromatic carbocycles. The van der Waals surface area contributed by atoms with Gasteiger partial charge in [0.2, 0.25) is 11.6 Å². The van der Waals surface area contributed by atoms with Crippen LogP contribution in [-0.2, 0) is 9.53 Å². The number of hydrogen-bond acceptors (Lipinski definition) is 9. The summed E-state index contributed by atoms with van der Waals surface area (Å²) in [5, 5.41) is 13.4. The van der Waals surface area contributed by atoms with Gasteiger partial charge < -0.3 is 19.8 Å². The van der Waals surface area contributed by atoms with Crippen LogP contribution in [0.25, 0.3) is 11.0 Å². The van der Waals surface area contributed by atoms with E-state index in [-0.39, 0.29) is 6.04 Å². The third-order valence-corrected chi connectivity index (χ3v) is 5.19. The Labute approximate surface area is 198 Å². The minimum Gasteiger partial charge on any atom is -0.436 e. The molecule has 0 atom stereocenters. The molecular weight excluding hydrogens is 550 g/mol. The number of benzene rings is 1. The highest BCUT2D eigenvalue weighted by Gasteiger charge is 2.18. The summed E-state index contributed by atoms with van der Waals surface area (Å²) in [4.78, 5) is 30.8. The third-order valence-electron chi connectivity index (χ3n) is 4.02. The van der Waals surface area contributed by atoms with Gasteiger partial charge in [-0.05, 0) is 63.9 Å². The van der Waals surface area contributed by atoms with Gasteiger partial charge in [-0.3, -0.25) is 5.43 Å². The van der Waals surface area contributed by atoms with E-state index in [1.54, 1.807) is 12.1 Å². The highest BCUT2D eigenvalue weighted by molar-refractivity contribution is 9.11. The van der Waals surface area contributed by atoms with Crippen molar-refractivity contribution in [3.05, 3.63) is 39.7 Å². The van der Waals surface area contributed by atoms with E-state index in [0.29, 0.717) is 26.3 Å². The molecule has 0 spiro atoms. The molecule has 0 fully saturated rings. The Morgan fingerprint density at radius 2 is 1.97 bits per heavy atom. The van der Waals surface area contributed by atoms with E-state index in [4.69, 9.17) is 15.7 Å². The van der Waals surface area contributed by atoms with Gasteiger partial charge in [0.05, 0.1) is 20.0 Å². The van der Waals surface area contributed by atoms with Crippen LogP contribution >= 0.6 is 31.9 Å². The molecule has 0 aliphatic carbocycles. The lowest BCUT2D eigenvalue weighted by molar-refractivity contribution is -0.129. The molecule has 0 saturated carbocycles. The monoisotopic (exact) mass is 563 g/mol. The number of carbonyl (C=O) groups excluding carboxylic acids is 2. The van der Waals surface area contributed by atoms with Crippen LogP contribution in [0, 0.1) is 11.3 Å². The molecule has 11 nitrogen and oxygen atoms in total. The fraction of sp³-hybridized carbons (Fsp3) is 0.158. The first-order chi connectivity index (χ1) is 15.2. The molecule has 3 rings (SSSR count). The maximum atomic E-state index is 11.6. The summed E-state index contributed by atoms with van der Waals surface area (Å²) in [5.41, 5.74) is 7.75. The van der Waals surface area contributed by atoms with Crippen LogP contribution in [-0.4, -0.2) is 32.3 Å². The predicted molar refractivity (Wildman–Crippen MR) is 122 cm³/mol. The molecule has 0 aliphatic heterocycles. The number of anilines is 1. The Balaban J connectivity index is 1.87. The lowest BCUT2D eigenvalue weighted by atomic mass is 10.3. The summed E-state index contributed by atoms with van der Waals surface area (Å²) < 4.78 is 13.2. The molecule has 2 heterocycles. The van der Waals surface area contributed by atoms with Crippen LogP contribution in [0.5, 0.6) is 11.6 Å². The van der Waals surface area contributed by atoms with Crippen molar-refractivity contribution in [1.29, 1.82) is 5.26 Å². The van der Waals surface area contributed by atoms with Gasteiger partial charge in [-0.25, -0.2) is 19.6 Å². The number of hydrogen-bond donors (Lipinski definition) is 2. The highest BCUT2D eigenvalue weighted by atomic mass is 79.9. The number of primary amides is 1. The summed E-state index contributed by atoms with van der Waals surface area (Å²) in [6.07, 6.45) is 2.01. The highest BCUT2D eigenvalue weighted by Crippen LogP contribution is 2.40. The number of carbonyl (C=O) groups is 2. The van der Waals surface area contributed by atoms with Gasteiger partial charge in [-0.2, -0.15) is 10.4 Å². The first-order valence-corrected chi connectivity index (χ1v) is 10.5. The van der Waals surface area contributed by atoms with Gasteiger partial charge in [-0.1, -0.05) is 0 Å². The summed E-state index contributed by atoms with van der Waals surface area (Å²) in [6.45, 7) is 4.10. The maximum absolute atomic E-state index is 11.6. The van der Waals surface area contributed by atoms with Crippen LogP contribution in [0.4, 0.5) is 10.5 Å². The Morgan fingerprint density at radius 1 is 1.28 bits per heavy atom. The fourth-order valence-corrected chi connectivity index (χ4v) is 3.99. The molecule has 3 N–H and O–H groups in total. The van der Waals surface area contributed by atoms with E-state index in [2.05, 4.69) is 70.9 Å². The van der Waals surface area contributed by atoms with Gasteiger partial charge in [-0.15, -0.1) is 0 Å². The number of amides is 1. The number of hydrazone groups is 1. The Bertz CT molecular complexity index is 1260. The minimum absolute atomic E-state index is 0.221. The SMILES string of the molecule is CC(C)n1ccc2c(Oc3c(Br)cc(NN=C(C#N)C(=O)OC(N)=O)cc3Br)ncnc21. The minimum atomic E-state index is -1.34. The molecule has 3 aromatic rings. The van der Waals surface area contributed by atoms with Crippen molar-refractivity contribution in [2.24, 2.45) is 10.8 Å². The van der Waals surface area contributed by atoms with Crippen molar-refractivity contribution in [3.8, 4) is 17.7 Å². The van der Waals surface area contributed by atoms with E-state index in [1.807, 2.05) is 16.8 Å². The largest absolute Gasteiger partial charge is 0.436 e. The normalized spacial score (nSPS) is 11.3. The molecule has 32 heavy (non-hydrogen) atoms. The van der Waals surface area contributed by atoms with Crippen LogP contribution in [0.3, 0.4) is 0 Å². The van der Waals surface area contributed by atoms with Crippen molar-refractivity contribution < 1.29 is 19.1 Å². The van der Waals surface area contributed by atoms with Gasteiger partial charge in [0, 0.05) is 12.2 Å². The summed E-state index contributed by atoms with van der Waals surface area (Å²) >= 11 is 6.85. The molecular formula is C19H15Br2N7O4. The number of nitrogens with two attached hydrogens (primary N) is 1. The van der Waals surface area contributed by atoms with Crippen molar-refractivity contribution in [3.63, 3.8) is 0 Å². The number of fused-ring (bicyclic) bond motifs is 1. The third kappa shape index (κ3) is 5.04. The van der Waals surface area contributed by atoms with Crippen LogP contribution in [0.2, 0.25) is 0 Å². The quantitative estimate of drug-likeness (QED) is 0.195. The van der Waals surface area contributed by atoms with E-state index < -0.39 is 17.8 Å². The fourth-order valence-electron chi connectivity index (χ4n) is 2.64. The molecule has 1 amide bonds. The van der Waals surface area contributed by atoms with Crippen LogP contribution in [0.1, 0.15) is 19.9 Å². The molecule has 0 bridgehead atoms. The zero-order valence-electron chi connectivity index (χ0n) is 16.7. The average Bonchev–Trinajstić information content (AvgIpc) is 3.16. The first-order valence-electron chi connectivity index (χ1n) is 8.95. The van der Waals surface area contributed by atoms with Crippen LogP contribution < -0.4 is 15.9 Å². The molecule has 0 unspecified atom stereocenters. The lowest BCUT2D eigenvalue weighted by Crippen LogP contribution is -2.24. The zero-order valence-corrected chi connectivity index (χ0v) is 19.8. The molecule has 0 radical (unpaired) electrons. The van der Waals surface area contributed by atoms with Crippen LogP contribution in [0.15, 0.2) is 44.8 Å². The Morgan fingerprint density at radius 3 is 2.56 bits per heavy atom. The summed E-state index contributed by atoms with van der Waals surface area (Å²) in [6, 6.07) is 6.83. The Kier molecular flexibility index (Phi) is 7.06. The van der Waals surface area contributed by atoms with E-state index in [9.17, 15) is 9.59 Å². The van der Waals surface area contributed by atoms with Gasteiger partial charge in [0.25, 0.3) is 0 Å². The van der Waals surface area contributed by atoms with Crippen molar-refractivity contribution >= 4 is 66.4 Å². The number of ether oxygens (including phenoxy) is 2. The lowest BCUT2D eigenvalue weighted by Gasteiger charge is -2.12. The molecule has 0 aliphatic rings. The second kappa shape index (κ2) is 9.75. The van der Waals surface area contributed by atoms with E-state index in [1.165, 1.54) is 12.4 Å². The molecule has 164 valence electrons. The first kappa shape index (κ1) is 23.2. The molecule has 0 saturated heterocycles. The summed E-state index contributed by atoms with van der Waals surface area (Å²) in [5.74, 6) is -0.465. The molecule has 2 aromatic heterocycles. The summed E-state index contributed by atoms with van der Waals surface area (Å²) in [7, 11) is 0. The van der Waals surface area contributed by atoms with Gasteiger partial charge in [0.1, 0.15) is 18.0 Å². The van der Waals surface area contributed by atoms with E-state index in [0.717, 1.165) is 11.0 Å². The van der Waals surface area contributed by atoms with Gasteiger partial charge >= 0.3 is 12.1 Å². The van der Waals surface area contributed by atoms with Crippen molar-refractivity contribution in [2.75, 3.05) is 5.43 Å². The predicted octanol–water partition coefficient (Wildman–Crippen LogP) is 4.24. The zero-order chi connectivity index (χ0) is 23.4. The average molecular weight is 565 g/mol. The van der Waals surface area contributed by atoms with Gasteiger partial charge in [0.15, 0.2) is 5.75 Å². The Hall–Kier alpha value is -3.50. The smallest absolute Gasteiger partial charge is 0.412 e. The number of halogens is 2. The van der Waals surface area contributed by atoms with Crippen molar-refractivity contribution in [1.82, 2.24) is 14.5 Å². The number of nitrogens with zero attached hydrogens (tertiary/aromatic N) is 5. The molecule has 13 heteroatoms. The van der Waals surface area contributed by atoms with Crippen molar-refractivity contribution in [2.45, 2.75) is 19.9 Å². The number of nitrogens with one attached hydrogen (secondary N) is 1. The number of aromatic nitrogens is 3. The second-order valence-electron chi connectivity index (χ2n) is 6.50. The number of rotatable bonds is 6. The maximum Gasteiger partial charge on any atom is 0.412 e.